The van der Waals surface area contributed by atoms with E-state index in [2.05, 4.69) is 10.4 Å². The van der Waals surface area contributed by atoms with E-state index in [0.29, 0.717) is 6.04 Å². The van der Waals surface area contributed by atoms with E-state index in [1.165, 1.54) is 12.8 Å². The Bertz CT molecular complexity index is 303. The lowest BCUT2D eigenvalue weighted by Gasteiger charge is -2.22. The van der Waals surface area contributed by atoms with E-state index in [9.17, 15) is 0 Å². The van der Waals surface area contributed by atoms with Gasteiger partial charge in [-0.3, -0.25) is 4.68 Å². The summed E-state index contributed by atoms with van der Waals surface area (Å²) in [6.45, 7) is 6.18. The van der Waals surface area contributed by atoms with E-state index in [4.69, 9.17) is 4.74 Å². The average Bonchev–Trinajstić information content (AvgIpc) is 2.67. The van der Waals surface area contributed by atoms with Crippen LogP contribution in [0.5, 0.6) is 5.88 Å². The van der Waals surface area contributed by atoms with E-state index in [1.54, 1.807) is 0 Å². The quantitative estimate of drug-likeness (QED) is 0.821. The van der Waals surface area contributed by atoms with E-state index in [-0.39, 0.29) is 6.10 Å². The predicted molar refractivity (Wildman–Crippen MR) is 59.1 cm³/mol. The Labute approximate surface area is 90.6 Å². The van der Waals surface area contributed by atoms with Crippen LogP contribution >= 0.6 is 0 Å². The third kappa shape index (κ3) is 2.72. The maximum Gasteiger partial charge on any atom is 0.232 e. The van der Waals surface area contributed by atoms with E-state index in [1.807, 2.05) is 30.8 Å². The van der Waals surface area contributed by atoms with Crippen molar-refractivity contribution in [3.05, 3.63) is 12.3 Å². The number of hydrogen-bond donors (Lipinski definition) is 1. The second-order valence-electron chi connectivity index (χ2n) is 4.30. The van der Waals surface area contributed by atoms with Crippen LogP contribution < -0.4 is 10.1 Å². The van der Waals surface area contributed by atoms with Crippen LogP contribution in [0.1, 0.15) is 32.7 Å². The third-order valence-corrected chi connectivity index (χ3v) is 2.59. The minimum absolute atomic E-state index is 0.192. The summed E-state index contributed by atoms with van der Waals surface area (Å²) in [6.07, 6.45) is 4.63. The number of ether oxygens (including phenoxy) is 1. The van der Waals surface area contributed by atoms with Gasteiger partial charge in [-0.15, -0.1) is 5.10 Å². The number of hydrogen-bond acceptors (Lipinski definition) is 3. The fourth-order valence-corrected chi connectivity index (χ4v) is 1.89. The largest absolute Gasteiger partial charge is 0.474 e. The van der Waals surface area contributed by atoms with Crippen LogP contribution in [-0.4, -0.2) is 29.0 Å². The van der Waals surface area contributed by atoms with E-state index >= 15 is 0 Å². The Morgan fingerprint density at radius 3 is 3.13 bits per heavy atom. The molecular weight excluding hydrogens is 190 g/mol. The highest BCUT2D eigenvalue weighted by Gasteiger charge is 2.15. The first-order valence-electron chi connectivity index (χ1n) is 5.68. The van der Waals surface area contributed by atoms with Gasteiger partial charge in [-0.25, -0.2) is 0 Å². The molecule has 0 radical (unpaired) electrons. The standard InChI is InChI=1S/C11H19N3O/c1-9(2)15-11-5-7-14(13-11)10-4-3-6-12-8-10/h5,7,9-10,12H,3-4,6,8H2,1-2H3/t10-/m0/s1. The Hall–Kier alpha value is -1.03. The molecule has 2 heterocycles. The molecule has 1 saturated heterocycles. The molecule has 15 heavy (non-hydrogen) atoms. The molecule has 1 aromatic rings. The maximum absolute atomic E-state index is 5.53. The lowest BCUT2D eigenvalue weighted by Crippen LogP contribution is -2.31. The smallest absolute Gasteiger partial charge is 0.232 e. The van der Waals surface area contributed by atoms with Crippen LogP contribution in [-0.2, 0) is 0 Å². The lowest BCUT2D eigenvalue weighted by atomic mass is 10.1. The molecular formula is C11H19N3O. The first-order valence-corrected chi connectivity index (χ1v) is 5.68. The van der Waals surface area contributed by atoms with E-state index < -0.39 is 0 Å². The highest BCUT2D eigenvalue weighted by atomic mass is 16.5. The number of aromatic nitrogens is 2. The maximum atomic E-state index is 5.53. The summed E-state index contributed by atoms with van der Waals surface area (Å²) < 4.78 is 7.55. The van der Waals surface area contributed by atoms with Gasteiger partial charge in [0.1, 0.15) is 0 Å². The third-order valence-electron chi connectivity index (χ3n) is 2.59. The van der Waals surface area contributed by atoms with Crippen molar-refractivity contribution < 1.29 is 4.74 Å². The summed E-state index contributed by atoms with van der Waals surface area (Å²) in [7, 11) is 0. The second-order valence-corrected chi connectivity index (χ2v) is 4.30. The van der Waals surface area contributed by atoms with Crippen LogP contribution in [0, 0.1) is 0 Å². The van der Waals surface area contributed by atoms with Gasteiger partial charge in [0.15, 0.2) is 0 Å². The van der Waals surface area contributed by atoms with Crippen LogP contribution in [0.4, 0.5) is 0 Å². The van der Waals surface area contributed by atoms with Gasteiger partial charge in [-0.2, -0.15) is 0 Å². The van der Waals surface area contributed by atoms with Crippen molar-refractivity contribution in [2.24, 2.45) is 0 Å². The average molecular weight is 209 g/mol. The molecule has 1 N–H and O–H groups in total. The van der Waals surface area contributed by atoms with Crippen LogP contribution in [0.15, 0.2) is 12.3 Å². The van der Waals surface area contributed by atoms with Crippen LogP contribution in [0.2, 0.25) is 0 Å². The van der Waals surface area contributed by atoms with E-state index in [0.717, 1.165) is 19.0 Å². The van der Waals surface area contributed by atoms with Crippen molar-refractivity contribution in [1.29, 1.82) is 0 Å². The molecule has 84 valence electrons. The molecule has 0 aliphatic carbocycles. The summed E-state index contributed by atoms with van der Waals surface area (Å²) in [5.74, 6) is 0.732. The van der Waals surface area contributed by atoms with Gasteiger partial charge in [0.2, 0.25) is 5.88 Å². The highest BCUT2D eigenvalue weighted by Crippen LogP contribution is 2.18. The molecule has 0 saturated carbocycles. The molecule has 1 aliphatic rings. The van der Waals surface area contributed by atoms with Gasteiger partial charge in [0.25, 0.3) is 0 Å². The molecule has 1 aliphatic heterocycles. The van der Waals surface area contributed by atoms with Gasteiger partial charge in [0, 0.05) is 18.8 Å². The fourth-order valence-electron chi connectivity index (χ4n) is 1.89. The molecule has 0 bridgehead atoms. The first-order chi connectivity index (χ1) is 7.25. The summed E-state index contributed by atoms with van der Waals surface area (Å²) in [4.78, 5) is 0. The fraction of sp³-hybridized carbons (Fsp3) is 0.727. The van der Waals surface area contributed by atoms with Crippen LogP contribution in [0.3, 0.4) is 0 Å². The second kappa shape index (κ2) is 4.66. The normalized spacial score (nSPS) is 21.9. The van der Waals surface area contributed by atoms with Gasteiger partial charge < -0.3 is 10.1 Å². The molecule has 1 aromatic heterocycles. The van der Waals surface area contributed by atoms with Crippen molar-refractivity contribution >= 4 is 0 Å². The zero-order valence-electron chi connectivity index (χ0n) is 9.44. The molecule has 4 nitrogen and oxygen atoms in total. The predicted octanol–water partition coefficient (Wildman–Crippen LogP) is 1.59. The number of nitrogens with zero attached hydrogens (tertiary/aromatic N) is 2. The molecule has 2 rings (SSSR count). The van der Waals surface area contributed by atoms with Crippen molar-refractivity contribution in [3.8, 4) is 5.88 Å². The van der Waals surface area contributed by atoms with Crippen molar-refractivity contribution in [2.45, 2.75) is 38.8 Å². The summed E-state index contributed by atoms with van der Waals surface area (Å²) in [5.41, 5.74) is 0. The van der Waals surface area contributed by atoms with Crippen molar-refractivity contribution in [1.82, 2.24) is 15.1 Å². The highest BCUT2D eigenvalue weighted by molar-refractivity contribution is 5.07. The molecule has 1 fully saturated rings. The number of piperidine rings is 1. The number of nitrogens with one attached hydrogen (secondary N) is 1. The summed E-state index contributed by atoms with van der Waals surface area (Å²) in [6, 6.07) is 2.43. The minimum Gasteiger partial charge on any atom is -0.474 e. The molecule has 1 atom stereocenters. The summed E-state index contributed by atoms with van der Waals surface area (Å²) >= 11 is 0. The van der Waals surface area contributed by atoms with Crippen LogP contribution in [0.25, 0.3) is 0 Å². The van der Waals surface area contributed by atoms with Gasteiger partial charge in [-0.05, 0) is 33.2 Å². The molecule has 0 amide bonds. The topological polar surface area (TPSA) is 39.1 Å². The van der Waals surface area contributed by atoms with Gasteiger partial charge in [0.05, 0.1) is 12.1 Å². The Morgan fingerprint density at radius 2 is 2.47 bits per heavy atom. The van der Waals surface area contributed by atoms with Crippen molar-refractivity contribution in [2.75, 3.05) is 13.1 Å². The lowest BCUT2D eigenvalue weighted by molar-refractivity contribution is 0.226. The first kappa shape index (κ1) is 10.5. The minimum atomic E-state index is 0.192. The zero-order valence-corrected chi connectivity index (χ0v) is 9.44. The van der Waals surface area contributed by atoms with Crippen molar-refractivity contribution in [3.63, 3.8) is 0 Å². The molecule has 4 heteroatoms. The number of rotatable bonds is 3. The molecule has 0 aromatic carbocycles. The Kier molecular flexibility index (Phi) is 3.26. The molecule has 0 unspecified atom stereocenters. The summed E-state index contributed by atoms with van der Waals surface area (Å²) in [5, 5.41) is 7.81. The SMILES string of the molecule is CC(C)Oc1ccn([C@H]2CCCNC2)n1. The van der Waals surface area contributed by atoms with Gasteiger partial charge in [-0.1, -0.05) is 0 Å². The Balaban J connectivity index is 1.99. The zero-order chi connectivity index (χ0) is 10.7. The van der Waals surface area contributed by atoms with Gasteiger partial charge >= 0.3 is 0 Å². The molecule has 0 spiro atoms. The Morgan fingerprint density at radius 1 is 1.60 bits per heavy atom. The monoisotopic (exact) mass is 209 g/mol.